The fraction of sp³-hybridized carbons (Fsp3) is 0.250. The van der Waals surface area contributed by atoms with Crippen LogP contribution in [0.4, 0.5) is 5.69 Å². The van der Waals surface area contributed by atoms with Crippen molar-refractivity contribution >= 4 is 23.5 Å². The Balaban J connectivity index is 2.01. The third-order valence-corrected chi connectivity index (χ3v) is 4.15. The quantitative estimate of drug-likeness (QED) is 0.772. The summed E-state index contributed by atoms with van der Waals surface area (Å²) in [5, 5.41) is 8.89. The van der Waals surface area contributed by atoms with Crippen LogP contribution in [-0.2, 0) is 11.2 Å². The van der Waals surface area contributed by atoms with Crippen molar-refractivity contribution in [2.75, 3.05) is 11.5 Å². The predicted molar refractivity (Wildman–Crippen MR) is 95.8 cm³/mol. The molecule has 6 heteroatoms. The lowest BCUT2D eigenvalue weighted by atomic mass is 10.1. The molecule has 0 saturated heterocycles. The number of nitrogens with zero attached hydrogens (tertiary/aromatic N) is 1. The van der Waals surface area contributed by atoms with E-state index in [0.29, 0.717) is 35.6 Å². The van der Waals surface area contributed by atoms with E-state index in [-0.39, 0.29) is 6.42 Å². The Labute approximate surface area is 151 Å². The van der Waals surface area contributed by atoms with Crippen molar-refractivity contribution in [3.63, 3.8) is 0 Å². The van der Waals surface area contributed by atoms with Crippen LogP contribution in [0.5, 0.6) is 5.75 Å². The van der Waals surface area contributed by atoms with Gasteiger partial charge in [-0.2, -0.15) is 0 Å². The lowest BCUT2D eigenvalue weighted by molar-refractivity contribution is -0.136. The normalized spacial score (nSPS) is 13.0. The summed E-state index contributed by atoms with van der Waals surface area (Å²) in [5.74, 6) is -1.27. The molecular weight excluding hydrogens is 334 g/mol. The first-order chi connectivity index (χ1) is 12.5. The second kappa shape index (κ2) is 7.39. The van der Waals surface area contributed by atoms with Gasteiger partial charge in [0, 0.05) is 6.42 Å². The van der Waals surface area contributed by atoms with Crippen LogP contribution in [-0.4, -0.2) is 29.5 Å². The number of imide groups is 1. The maximum absolute atomic E-state index is 12.8. The molecule has 0 unspecified atom stereocenters. The summed E-state index contributed by atoms with van der Waals surface area (Å²) in [5.41, 5.74) is 1.79. The molecule has 0 spiro atoms. The van der Waals surface area contributed by atoms with Crippen molar-refractivity contribution in [3.8, 4) is 5.75 Å². The van der Waals surface area contributed by atoms with Crippen molar-refractivity contribution in [1.29, 1.82) is 0 Å². The number of carboxylic acids is 1. The van der Waals surface area contributed by atoms with Gasteiger partial charge in [-0.15, -0.1) is 0 Å². The standard InChI is InChI=1S/C20H19NO5/c1-2-11-26-17-9-7-13(8-10-18(22)23)12-16(17)21-19(24)14-5-3-4-6-15(14)20(21)25/h3-7,9,12H,2,8,10-11H2,1H3,(H,22,23). The summed E-state index contributed by atoms with van der Waals surface area (Å²) in [7, 11) is 0. The van der Waals surface area contributed by atoms with Gasteiger partial charge in [-0.05, 0) is 42.7 Å². The molecule has 6 nitrogen and oxygen atoms in total. The summed E-state index contributed by atoms with van der Waals surface area (Å²) < 4.78 is 5.71. The maximum atomic E-state index is 12.8. The van der Waals surface area contributed by atoms with Crippen molar-refractivity contribution in [1.82, 2.24) is 0 Å². The smallest absolute Gasteiger partial charge is 0.303 e. The van der Waals surface area contributed by atoms with Crippen LogP contribution in [0.3, 0.4) is 0 Å². The van der Waals surface area contributed by atoms with Crippen LogP contribution in [0.2, 0.25) is 0 Å². The summed E-state index contributed by atoms with van der Waals surface area (Å²) in [6.07, 6.45) is 1.05. The molecule has 0 bridgehead atoms. The van der Waals surface area contributed by atoms with E-state index < -0.39 is 17.8 Å². The molecule has 2 aromatic rings. The molecule has 2 aromatic carbocycles. The topological polar surface area (TPSA) is 83.9 Å². The lowest BCUT2D eigenvalue weighted by Crippen LogP contribution is -2.30. The molecule has 1 N–H and O–H groups in total. The van der Waals surface area contributed by atoms with Crippen LogP contribution in [0, 0.1) is 0 Å². The monoisotopic (exact) mass is 353 g/mol. The summed E-state index contributed by atoms with van der Waals surface area (Å²) in [6, 6.07) is 11.8. The fourth-order valence-corrected chi connectivity index (χ4v) is 2.89. The molecular formula is C20H19NO5. The molecule has 1 heterocycles. The first-order valence-electron chi connectivity index (χ1n) is 8.48. The van der Waals surface area contributed by atoms with Crippen LogP contribution < -0.4 is 9.64 Å². The number of hydrogen-bond donors (Lipinski definition) is 1. The zero-order valence-corrected chi connectivity index (χ0v) is 14.4. The molecule has 0 radical (unpaired) electrons. The van der Waals surface area contributed by atoms with Crippen molar-refractivity contribution in [3.05, 3.63) is 59.2 Å². The molecule has 0 aromatic heterocycles. The van der Waals surface area contributed by atoms with Gasteiger partial charge in [0.05, 0.1) is 23.4 Å². The summed E-state index contributed by atoms with van der Waals surface area (Å²) in [6.45, 7) is 2.41. The van der Waals surface area contributed by atoms with Gasteiger partial charge < -0.3 is 9.84 Å². The number of benzene rings is 2. The van der Waals surface area contributed by atoms with E-state index in [4.69, 9.17) is 9.84 Å². The number of anilines is 1. The average molecular weight is 353 g/mol. The van der Waals surface area contributed by atoms with Gasteiger partial charge in [0.1, 0.15) is 5.75 Å². The van der Waals surface area contributed by atoms with Gasteiger partial charge in [-0.3, -0.25) is 14.4 Å². The lowest BCUT2D eigenvalue weighted by Gasteiger charge is -2.19. The largest absolute Gasteiger partial charge is 0.491 e. The van der Waals surface area contributed by atoms with Gasteiger partial charge in [0.2, 0.25) is 0 Å². The number of aliphatic carboxylic acids is 1. The second-order valence-corrected chi connectivity index (χ2v) is 6.04. The fourth-order valence-electron chi connectivity index (χ4n) is 2.89. The Morgan fingerprint density at radius 3 is 2.31 bits per heavy atom. The minimum Gasteiger partial charge on any atom is -0.491 e. The van der Waals surface area contributed by atoms with Crippen molar-refractivity contribution in [2.45, 2.75) is 26.2 Å². The van der Waals surface area contributed by atoms with E-state index >= 15 is 0 Å². The van der Waals surface area contributed by atoms with Crippen LogP contribution in [0.15, 0.2) is 42.5 Å². The highest BCUT2D eigenvalue weighted by Crippen LogP contribution is 2.36. The van der Waals surface area contributed by atoms with Gasteiger partial charge >= 0.3 is 5.97 Å². The second-order valence-electron chi connectivity index (χ2n) is 6.04. The molecule has 2 amide bonds. The number of carbonyl (C=O) groups excluding carboxylic acids is 2. The van der Waals surface area contributed by atoms with E-state index in [1.54, 1.807) is 42.5 Å². The van der Waals surface area contributed by atoms with Crippen molar-refractivity contribution < 1.29 is 24.2 Å². The van der Waals surface area contributed by atoms with E-state index in [1.165, 1.54) is 0 Å². The number of rotatable bonds is 7. The summed E-state index contributed by atoms with van der Waals surface area (Å²) >= 11 is 0. The number of ether oxygens (including phenoxy) is 1. The molecule has 0 atom stereocenters. The maximum Gasteiger partial charge on any atom is 0.303 e. The van der Waals surface area contributed by atoms with Gasteiger partial charge in [0.15, 0.2) is 0 Å². The molecule has 1 aliphatic heterocycles. The van der Waals surface area contributed by atoms with E-state index in [2.05, 4.69) is 0 Å². The Hall–Kier alpha value is -3.15. The third kappa shape index (κ3) is 3.31. The number of carbonyl (C=O) groups is 3. The molecule has 26 heavy (non-hydrogen) atoms. The minimum atomic E-state index is -0.904. The van der Waals surface area contributed by atoms with E-state index in [9.17, 15) is 14.4 Å². The van der Waals surface area contributed by atoms with E-state index in [0.717, 1.165) is 16.9 Å². The number of aryl methyl sites for hydroxylation is 1. The summed E-state index contributed by atoms with van der Waals surface area (Å²) in [4.78, 5) is 37.5. The molecule has 0 saturated carbocycles. The number of amides is 2. The number of carboxylic acid groups (broad SMARTS) is 1. The predicted octanol–water partition coefficient (Wildman–Crippen LogP) is 3.29. The molecule has 0 aliphatic carbocycles. The Bertz CT molecular complexity index is 839. The van der Waals surface area contributed by atoms with Gasteiger partial charge in [-0.1, -0.05) is 25.1 Å². The van der Waals surface area contributed by atoms with Crippen LogP contribution in [0.1, 0.15) is 46.0 Å². The third-order valence-electron chi connectivity index (χ3n) is 4.15. The minimum absolute atomic E-state index is 0.0310. The molecule has 0 fully saturated rings. The zero-order valence-electron chi connectivity index (χ0n) is 14.4. The number of fused-ring (bicyclic) bond motifs is 1. The Kier molecular flexibility index (Phi) is 5.02. The molecule has 3 rings (SSSR count). The highest BCUT2D eigenvalue weighted by atomic mass is 16.5. The number of hydrogen-bond acceptors (Lipinski definition) is 4. The molecule has 134 valence electrons. The Morgan fingerprint density at radius 2 is 1.73 bits per heavy atom. The zero-order chi connectivity index (χ0) is 18.7. The molecule has 1 aliphatic rings. The first kappa shape index (κ1) is 17.7. The van der Waals surface area contributed by atoms with Gasteiger partial charge in [-0.25, -0.2) is 4.90 Å². The highest BCUT2D eigenvalue weighted by Gasteiger charge is 2.37. The van der Waals surface area contributed by atoms with Crippen LogP contribution >= 0.6 is 0 Å². The van der Waals surface area contributed by atoms with Crippen molar-refractivity contribution in [2.24, 2.45) is 0 Å². The van der Waals surface area contributed by atoms with Gasteiger partial charge in [0.25, 0.3) is 11.8 Å². The van der Waals surface area contributed by atoms with E-state index in [1.807, 2.05) is 6.92 Å². The SMILES string of the molecule is CCCOc1ccc(CCC(=O)O)cc1N1C(=O)c2ccccc2C1=O. The first-order valence-corrected chi connectivity index (χ1v) is 8.48. The van der Waals surface area contributed by atoms with Crippen LogP contribution in [0.25, 0.3) is 0 Å². The average Bonchev–Trinajstić information content (AvgIpc) is 2.89. The Morgan fingerprint density at radius 1 is 1.08 bits per heavy atom. The highest BCUT2D eigenvalue weighted by molar-refractivity contribution is 6.34.